The summed E-state index contributed by atoms with van der Waals surface area (Å²) in [6.45, 7) is 0. The fourth-order valence-electron chi connectivity index (χ4n) is 5.64. The summed E-state index contributed by atoms with van der Waals surface area (Å²) in [5.74, 6) is 1.90. The van der Waals surface area contributed by atoms with Crippen LogP contribution in [0.4, 0.5) is 26.3 Å². The van der Waals surface area contributed by atoms with Gasteiger partial charge in [0, 0.05) is 22.3 Å². The third-order valence-corrected chi connectivity index (χ3v) is 8.36. The van der Waals surface area contributed by atoms with Gasteiger partial charge in [0.15, 0.2) is 11.6 Å². The average molecular weight is 712 g/mol. The molecule has 7 aromatic rings. The van der Waals surface area contributed by atoms with Gasteiger partial charge in [-0.05, 0) is 97.1 Å². The molecule has 7 nitrogen and oxygen atoms in total. The maximum absolute atomic E-state index is 13.4. The van der Waals surface area contributed by atoms with Crippen molar-refractivity contribution >= 4 is 0 Å². The lowest BCUT2D eigenvalue weighted by Gasteiger charge is -2.12. The molecule has 13 heteroatoms. The summed E-state index contributed by atoms with van der Waals surface area (Å²) < 4.78 is 94.2. The second kappa shape index (κ2) is 13.4. The minimum absolute atomic E-state index is 0.312. The molecular formula is C39H27F6N5O2. The van der Waals surface area contributed by atoms with Gasteiger partial charge in [-0.2, -0.15) is 36.5 Å². The lowest BCUT2D eigenvalue weighted by Crippen LogP contribution is -2.08. The zero-order valence-corrected chi connectivity index (χ0v) is 27.4. The first-order valence-corrected chi connectivity index (χ1v) is 15.7. The van der Waals surface area contributed by atoms with E-state index in [-0.39, 0.29) is 0 Å². The highest BCUT2D eigenvalue weighted by molar-refractivity contribution is 5.72. The van der Waals surface area contributed by atoms with Gasteiger partial charge in [0.1, 0.15) is 11.5 Å². The number of halogens is 6. The first-order valence-electron chi connectivity index (χ1n) is 15.7. The number of hydrogen-bond donors (Lipinski definition) is 0. The highest BCUT2D eigenvalue weighted by atomic mass is 19.4. The van der Waals surface area contributed by atoms with Gasteiger partial charge in [0.25, 0.3) is 0 Å². The Balaban J connectivity index is 1.36. The van der Waals surface area contributed by atoms with Crippen molar-refractivity contribution in [3.05, 3.63) is 139 Å². The number of alkyl halides is 6. The van der Waals surface area contributed by atoms with E-state index in [4.69, 9.17) is 24.7 Å². The van der Waals surface area contributed by atoms with Crippen molar-refractivity contribution in [2.24, 2.45) is 0 Å². The summed E-state index contributed by atoms with van der Waals surface area (Å²) in [5.41, 5.74) is 2.76. The zero-order valence-electron chi connectivity index (χ0n) is 27.4. The fourth-order valence-corrected chi connectivity index (χ4v) is 5.64. The quantitative estimate of drug-likeness (QED) is 0.147. The molecule has 0 saturated heterocycles. The molecule has 0 bridgehead atoms. The molecule has 0 N–H and O–H groups in total. The number of aromatic nitrogens is 5. The average Bonchev–Trinajstić information content (AvgIpc) is 3.81. The van der Waals surface area contributed by atoms with Gasteiger partial charge in [0.2, 0.25) is 0 Å². The van der Waals surface area contributed by atoms with Crippen LogP contribution in [-0.2, 0) is 12.4 Å². The third-order valence-electron chi connectivity index (χ3n) is 8.36. The molecule has 0 unspecified atom stereocenters. The van der Waals surface area contributed by atoms with Crippen molar-refractivity contribution < 1.29 is 35.8 Å². The fraction of sp³-hybridized carbons (Fsp3) is 0.103. The van der Waals surface area contributed by atoms with Crippen molar-refractivity contribution in [1.82, 2.24) is 24.5 Å². The van der Waals surface area contributed by atoms with E-state index in [1.807, 2.05) is 24.3 Å². The predicted octanol–water partition coefficient (Wildman–Crippen LogP) is 10.2. The molecule has 0 amide bonds. The van der Waals surface area contributed by atoms with E-state index in [9.17, 15) is 26.3 Å². The van der Waals surface area contributed by atoms with Gasteiger partial charge >= 0.3 is 12.4 Å². The highest BCUT2D eigenvalue weighted by Crippen LogP contribution is 2.36. The van der Waals surface area contributed by atoms with E-state index in [0.29, 0.717) is 57.0 Å². The summed E-state index contributed by atoms with van der Waals surface area (Å²) in [6.07, 6.45) is -9.02. The Morgan fingerprint density at radius 2 is 0.808 bits per heavy atom. The van der Waals surface area contributed by atoms with E-state index < -0.39 is 23.5 Å². The summed E-state index contributed by atoms with van der Waals surface area (Å²) in [5, 5.41) is 9.63. The zero-order chi connectivity index (χ0) is 36.6. The Hall–Kier alpha value is -6.37. The number of pyridine rings is 1. The molecule has 0 fully saturated rings. The van der Waals surface area contributed by atoms with Crippen molar-refractivity contribution in [1.29, 1.82) is 0 Å². The Labute approximate surface area is 293 Å². The van der Waals surface area contributed by atoms with E-state index in [2.05, 4.69) is 0 Å². The van der Waals surface area contributed by atoms with E-state index in [1.54, 1.807) is 68.8 Å². The van der Waals surface area contributed by atoms with Crippen LogP contribution < -0.4 is 9.47 Å². The molecule has 7 rings (SSSR count). The molecule has 262 valence electrons. The monoisotopic (exact) mass is 711 g/mol. The maximum Gasteiger partial charge on any atom is 0.416 e. The topological polar surface area (TPSA) is 67.0 Å². The minimum atomic E-state index is -4.51. The molecule has 3 heterocycles. The molecule has 52 heavy (non-hydrogen) atoms. The Morgan fingerprint density at radius 3 is 1.13 bits per heavy atom. The number of rotatable bonds is 8. The third kappa shape index (κ3) is 6.84. The maximum atomic E-state index is 13.4. The van der Waals surface area contributed by atoms with Gasteiger partial charge in [-0.3, -0.25) is 0 Å². The minimum Gasteiger partial charge on any atom is -0.497 e. The molecule has 0 aliphatic heterocycles. The van der Waals surface area contributed by atoms with Crippen LogP contribution >= 0.6 is 0 Å². The molecule has 0 saturated carbocycles. The summed E-state index contributed by atoms with van der Waals surface area (Å²) in [6, 6.07) is 32.4. The molecule has 0 aliphatic rings. The van der Waals surface area contributed by atoms with Crippen molar-refractivity contribution in [2.75, 3.05) is 14.2 Å². The lowest BCUT2D eigenvalue weighted by molar-refractivity contribution is -0.138. The van der Waals surface area contributed by atoms with Crippen molar-refractivity contribution in [3.8, 4) is 68.2 Å². The summed E-state index contributed by atoms with van der Waals surface area (Å²) in [4.78, 5) is 4.87. The Bertz CT molecular complexity index is 2160. The number of nitrogens with zero attached hydrogens (tertiary/aromatic N) is 5. The number of benzene rings is 4. The van der Waals surface area contributed by atoms with Gasteiger partial charge in [-0.1, -0.05) is 30.3 Å². The van der Waals surface area contributed by atoms with Crippen molar-refractivity contribution in [2.45, 2.75) is 12.4 Å². The lowest BCUT2D eigenvalue weighted by atomic mass is 10.1. The molecule has 0 radical (unpaired) electrons. The smallest absolute Gasteiger partial charge is 0.416 e. The second-order valence-electron chi connectivity index (χ2n) is 11.6. The summed E-state index contributed by atoms with van der Waals surface area (Å²) >= 11 is 0. The Morgan fingerprint density at radius 1 is 0.462 bits per heavy atom. The number of hydrogen-bond acceptors (Lipinski definition) is 5. The molecule has 0 aliphatic carbocycles. The van der Waals surface area contributed by atoms with E-state index in [1.165, 1.54) is 33.6 Å². The molecular weight excluding hydrogens is 684 g/mol. The first-order chi connectivity index (χ1) is 24.9. The molecule has 0 atom stereocenters. The standard InChI is InChI=1S/C39H27F6N5O2/c1-51-30-18-10-24(11-19-30)32-22-34(26-6-14-28(15-7-26)38(40,41)42)49(47-32)36-4-3-5-37(46-36)50-35(27-8-16-29(17-9-27)39(43,44)45)23-33(48-50)25-12-20-31(52-2)21-13-25/h3-23H,1-2H3. The van der Waals surface area contributed by atoms with Crippen LogP contribution in [0.15, 0.2) is 127 Å². The molecule has 3 aromatic heterocycles. The summed E-state index contributed by atoms with van der Waals surface area (Å²) in [7, 11) is 3.10. The van der Waals surface area contributed by atoms with Crippen LogP contribution in [0.3, 0.4) is 0 Å². The van der Waals surface area contributed by atoms with E-state index >= 15 is 0 Å². The van der Waals surface area contributed by atoms with Crippen LogP contribution in [0.25, 0.3) is 56.7 Å². The normalized spacial score (nSPS) is 11.8. The SMILES string of the molecule is COc1ccc(-c2cc(-c3ccc(C(F)(F)F)cc3)n(-c3cccc(-n4nc(-c5ccc(OC)cc5)cc4-c4ccc(C(F)(F)F)cc4)n3)n2)cc1. The molecule has 4 aromatic carbocycles. The van der Waals surface area contributed by atoms with Gasteiger partial charge < -0.3 is 9.47 Å². The number of ether oxygens (including phenoxy) is 2. The van der Waals surface area contributed by atoms with Crippen molar-refractivity contribution in [3.63, 3.8) is 0 Å². The molecule has 0 spiro atoms. The largest absolute Gasteiger partial charge is 0.497 e. The predicted molar refractivity (Wildman–Crippen MR) is 183 cm³/mol. The first kappa shape index (κ1) is 34.1. The second-order valence-corrected chi connectivity index (χ2v) is 11.6. The van der Waals surface area contributed by atoms with Crippen LogP contribution in [-0.4, -0.2) is 38.8 Å². The van der Waals surface area contributed by atoms with E-state index in [0.717, 1.165) is 35.4 Å². The van der Waals surface area contributed by atoms with Crippen LogP contribution in [0, 0.1) is 0 Å². The van der Waals surface area contributed by atoms with Gasteiger partial charge in [-0.25, -0.2) is 14.3 Å². The van der Waals surface area contributed by atoms with Crippen LogP contribution in [0.2, 0.25) is 0 Å². The highest BCUT2D eigenvalue weighted by Gasteiger charge is 2.31. The number of methoxy groups -OCH3 is 2. The van der Waals surface area contributed by atoms with Crippen LogP contribution in [0.5, 0.6) is 11.5 Å². The van der Waals surface area contributed by atoms with Gasteiger partial charge in [0.05, 0.1) is 48.1 Å². The Kier molecular flexibility index (Phi) is 8.78. The van der Waals surface area contributed by atoms with Gasteiger partial charge in [-0.15, -0.1) is 0 Å². The van der Waals surface area contributed by atoms with Crippen LogP contribution in [0.1, 0.15) is 11.1 Å².